The van der Waals surface area contributed by atoms with Crippen molar-refractivity contribution in [2.75, 3.05) is 32.8 Å². The third kappa shape index (κ3) is 4.40. The topological polar surface area (TPSA) is 54.6 Å². The van der Waals surface area contributed by atoms with Crippen molar-refractivity contribution in [1.82, 2.24) is 9.88 Å². The van der Waals surface area contributed by atoms with Gasteiger partial charge in [0.15, 0.2) is 11.5 Å². The summed E-state index contributed by atoms with van der Waals surface area (Å²) >= 11 is 0. The minimum Gasteiger partial charge on any atom is -0.486 e. The average molecular weight is 433 g/mol. The van der Waals surface area contributed by atoms with Crippen LogP contribution in [0.25, 0.3) is 10.9 Å². The quantitative estimate of drug-likeness (QED) is 0.604. The summed E-state index contributed by atoms with van der Waals surface area (Å²) in [6.07, 6.45) is 5.74. The normalized spacial score (nSPS) is 17.4. The van der Waals surface area contributed by atoms with Crippen LogP contribution in [-0.4, -0.2) is 42.7 Å². The number of hydrogen-bond acceptors (Lipinski definition) is 4. The molecule has 1 saturated heterocycles. The van der Waals surface area contributed by atoms with Crippen molar-refractivity contribution < 1.29 is 9.47 Å². The van der Waals surface area contributed by atoms with Crippen LogP contribution in [0.4, 0.5) is 0 Å². The zero-order valence-corrected chi connectivity index (χ0v) is 18.9. The van der Waals surface area contributed by atoms with E-state index < -0.39 is 0 Å². The molecule has 0 saturated carbocycles. The number of H-pyrrole nitrogens is 1. The zero-order chi connectivity index (χ0) is 21.9. The van der Waals surface area contributed by atoms with Crippen molar-refractivity contribution in [1.29, 1.82) is 0 Å². The van der Waals surface area contributed by atoms with Gasteiger partial charge in [0, 0.05) is 17.0 Å². The van der Waals surface area contributed by atoms with Gasteiger partial charge in [-0.3, -0.25) is 4.79 Å². The summed E-state index contributed by atoms with van der Waals surface area (Å²) in [5, 5.41) is 1.10. The molecule has 5 nitrogen and oxygen atoms in total. The molecule has 0 aliphatic carbocycles. The number of aryl methyl sites for hydroxylation is 1. The number of aromatic nitrogens is 1. The van der Waals surface area contributed by atoms with Crippen LogP contribution in [0.5, 0.6) is 11.5 Å². The highest BCUT2D eigenvalue weighted by atomic mass is 16.6. The molecule has 3 heterocycles. The van der Waals surface area contributed by atoms with Gasteiger partial charge in [0.1, 0.15) is 13.2 Å². The molecule has 2 aromatic carbocycles. The molecule has 1 unspecified atom stereocenters. The number of benzene rings is 2. The number of aromatic amines is 1. The molecule has 1 aromatic heterocycles. The molecule has 2 aliphatic heterocycles. The predicted molar refractivity (Wildman–Crippen MR) is 128 cm³/mol. The van der Waals surface area contributed by atoms with Crippen LogP contribution in [0.3, 0.4) is 0 Å². The molecule has 0 spiro atoms. The molecule has 0 amide bonds. The zero-order valence-electron chi connectivity index (χ0n) is 18.9. The van der Waals surface area contributed by atoms with E-state index in [-0.39, 0.29) is 11.5 Å². The summed E-state index contributed by atoms with van der Waals surface area (Å²) in [5.41, 5.74) is 4.28. The minimum atomic E-state index is 0.0150. The highest BCUT2D eigenvalue weighted by Crippen LogP contribution is 2.37. The van der Waals surface area contributed by atoms with E-state index in [0.717, 1.165) is 47.4 Å². The number of hydrogen-bond donors (Lipinski definition) is 1. The Balaban J connectivity index is 1.51. The maximum absolute atomic E-state index is 12.2. The van der Waals surface area contributed by atoms with Gasteiger partial charge in [-0.2, -0.15) is 0 Å². The Hall–Kier alpha value is -2.79. The monoisotopic (exact) mass is 432 g/mol. The summed E-state index contributed by atoms with van der Waals surface area (Å²) in [6.45, 7) is 6.71. The first-order valence-electron chi connectivity index (χ1n) is 12.0. The predicted octanol–water partition coefficient (Wildman–Crippen LogP) is 4.87. The molecule has 1 N–H and O–H groups in total. The van der Waals surface area contributed by atoms with Gasteiger partial charge in [-0.15, -0.1) is 0 Å². The van der Waals surface area contributed by atoms with E-state index in [0.29, 0.717) is 13.2 Å². The van der Waals surface area contributed by atoms with Gasteiger partial charge in [0.2, 0.25) is 0 Å². The average Bonchev–Trinajstić information content (AvgIpc) is 2.84. The minimum absolute atomic E-state index is 0.0150. The Morgan fingerprint density at radius 2 is 1.69 bits per heavy atom. The Bertz CT molecular complexity index is 1150. The maximum atomic E-state index is 12.2. The summed E-state index contributed by atoms with van der Waals surface area (Å²) in [6, 6.07) is 14.9. The lowest BCUT2D eigenvalue weighted by atomic mass is 9.87. The van der Waals surface area contributed by atoms with E-state index in [2.05, 4.69) is 40.2 Å². The molecule has 1 atom stereocenters. The van der Waals surface area contributed by atoms with Gasteiger partial charge in [0.05, 0.1) is 0 Å². The molecule has 32 heavy (non-hydrogen) atoms. The number of nitrogens with one attached hydrogen (secondary N) is 1. The first-order valence-corrected chi connectivity index (χ1v) is 12.0. The van der Waals surface area contributed by atoms with Crippen molar-refractivity contribution in [3.63, 3.8) is 0 Å². The van der Waals surface area contributed by atoms with Gasteiger partial charge in [-0.1, -0.05) is 25.5 Å². The van der Waals surface area contributed by atoms with Crippen molar-refractivity contribution in [2.45, 2.75) is 44.9 Å². The van der Waals surface area contributed by atoms with Crippen molar-refractivity contribution in [2.24, 2.45) is 0 Å². The lowest BCUT2D eigenvalue weighted by molar-refractivity contribution is 0.171. The number of rotatable bonds is 6. The van der Waals surface area contributed by atoms with Crippen LogP contribution < -0.4 is 15.0 Å². The molecule has 5 heteroatoms. The second-order valence-electron chi connectivity index (χ2n) is 8.97. The second-order valence-corrected chi connectivity index (χ2v) is 8.97. The van der Waals surface area contributed by atoms with Crippen LogP contribution in [0.2, 0.25) is 0 Å². The second kappa shape index (κ2) is 9.37. The SMILES string of the molecule is CCc1cc2cc(C(CCN3CCCCC3)c3ccc4c(c3)OCCO4)ccc2[nH]c1=O. The van der Waals surface area contributed by atoms with Crippen molar-refractivity contribution in [3.8, 4) is 11.5 Å². The van der Waals surface area contributed by atoms with Crippen LogP contribution in [0.1, 0.15) is 55.2 Å². The Kier molecular flexibility index (Phi) is 6.17. The molecule has 0 bridgehead atoms. The van der Waals surface area contributed by atoms with Crippen LogP contribution in [-0.2, 0) is 6.42 Å². The maximum Gasteiger partial charge on any atom is 0.251 e. The van der Waals surface area contributed by atoms with Gasteiger partial charge in [-0.05, 0) is 92.2 Å². The van der Waals surface area contributed by atoms with E-state index in [1.54, 1.807) is 0 Å². The van der Waals surface area contributed by atoms with E-state index in [1.807, 2.05) is 19.1 Å². The third-order valence-corrected chi connectivity index (χ3v) is 6.88. The van der Waals surface area contributed by atoms with E-state index in [4.69, 9.17) is 9.47 Å². The first kappa shape index (κ1) is 21.1. The summed E-state index contributed by atoms with van der Waals surface area (Å²) < 4.78 is 11.6. The van der Waals surface area contributed by atoms with Gasteiger partial charge >= 0.3 is 0 Å². The van der Waals surface area contributed by atoms with Gasteiger partial charge < -0.3 is 19.4 Å². The van der Waals surface area contributed by atoms with Gasteiger partial charge in [0.25, 0.3) is 5.56 Å². The third-order valence-electron chi connectivity index (χ3n) is 6.88. The number of nitrogens with zero attached hydrogens (tertiary/aromatic N) is 1. The van der Waals surface area contributed by atoms with E-state index in [1.165, 1.54) is 43.5 Å². The first-order chi connectivity index (χ1) is 15.7. The number of piperidine rings is 1. The molecule has 3 aromatic rings. The Morgan fingerprint density at radius 3 is 2.50 bits per heavy atom. The fraction of sp³-hybridized carbons (Fsp3) is 0.444. The summed E-state index contributed by atoms with van der Waals surface area (Å²) in [5.74, 6) is 1.93. The number of likely N-dealkylation sites (tertiary alicyclic amines) is 1. The van der Waals surface area contributed by atoms with Gasteiger partial charge in [-0.25, -0.2) is 0 Å². The van der Waals surface area contributed by atoms with Crippen molar-refractivity contribution >= 4 is 10.9 Å². The van der Waals surface area contributed by atoms with E-state index in [9.17, 15) is 4.79 Å². The standard InChI is InChI=1S/C27H32N2O3/c1-2-19-16-22-17-20(6-8-24(22)28-27(19)30)23(10-13-29-11-4-3-5-12-29)21-7-9-25-26(18-21)32-15-14-31-25/h6-9,16-18,23H,2-5,10-15H2,1H3,(H,28,30). The number of fused-ring (bicyclic) bond motifs is 2. The molecular formula is C27H32N2O3. The summed E-state index contributed by atoms with van der Waals surface area (Å²) in [7, 11) is 0. The highest BCUT2D eigenvalue weighted by molar-refractivity contribution is 5.80. The molecular weight excluding hydrogens is 400 g/mol. The number of ether oxygens (including phenoxy) is 2. The molecule has 5 rings (SSSR count). The highest BCUT2D eigenvalue weighted by Gasteiger charge is 2.21. The molecule has 1 fully saturated rings. The fourth-order valence-corrected chi connectivity index (χ4v) is 5.05. The van der Waals surface area contributed by atoms with Crippen LogP contribution >= 0.6 is 0 Å². The summed E-state index contributed by atoms with van der Waals surface area (Å²) in [4.78, 5) is 17.9. The van der Waals surface area contributed by atoms with Crippen LogP contribution in [0, 0.1) is 0 Å². The Morgan fingerprint density at radius 1 is 0.938 bits per heavy atom. The molecule has 168 valence electrons. The van der Waals surface area contributed by atoms with Crippen LogP contribution in [0.15, 0.2) is 47.3 Å². The van der Waals surface area contributed by atoms with E-state index >= 15 is 0 Å². The molecule has 2 aliphatic rings. The molecule has 0 radical (unpaired) electrons. The smallest absolute Gasteiger partial charge is 0.251 e. The lowest BCUT2D eigenvalue weighted by Gasteiger charge is -2.29. The van der Waals surface area contributed by atoms with Crippen molar-refractivity contribution in [3.05, 3.63) is 69.5 Å². The largest absolute Gasteiger partial charge is 0.486 e. The lowest BCUT2D eigenvalue weighted by Crippen LogP contribution is -2.31. The fourth-order valence-electron chi connectivity index (χ4n) is 5.05. The Labute approximate surface area is 189 Å². The number of pyridine rings is 1.